The molecule has 2 aromatic rings. The molecule has 27 heavy (non-hydrogen) atoms. The molecule has 1 aliphatic heterocycles. The van der Waals surface area contributed by atoms with E-state index >= 15 is 0 Å². The highest BCUT2D eigenvalue weighted by atomic mass is 32.2. The maximum atomic E-state index is 13.1. The number of Topliss-reactive ketones (excluding diaryl/α,β-unsaturated/α-hetero) is 1. The third-order valence-corrected chi connectivity index (χ3v) is 7.09. The maximum Gasteiger partial charge on any atom is 0.243 e. The number of methoxy groups -OCH3 is 1. The molecule has 5 nitrogen and oxygen atoms in total. The van der Waals surface area contributed by atoms with Gasteiger partial charge in [-0.2, -0.15) is 4.31 Å². The van der Waals surface area contributed by atoms with Crippen molar-refractivity contribution in [2.24, 2.45) is 0 Å². The van der Waals surface area contributed by atoms with E-state index in [2.05, 4.69) is 6.07 Å². The van der Waals surface area contributed by atoms with Gasteiger partial charge in [0.05, 0.1) is 12.0 Å². The smallest absolute Gasteiger partial charge is 0.243 e. The summed E-state index contributed by atoms with van der Waals surface area (Å²) in [7, 11) is -1.93. The number of carbonyl (C=O) groups excluding carboxylic acids is 1. The Morgan fingerprint density at radius 2 is 1.89 bits per heavy atom. The number of sulfonamides is 1. The van der Waals surface area contributed by atoms with E-state index in [0.717, 1.165) is 29.7 Å². The first-order valence-electron chi connectivity index (χ1n) is 9.09. The first kappa shape index (κ1) is 19.6. The van der Waals surface area contributed by atoms with Crippen LogP contribution in [-0.2, 0) is 16.4 Å². The Morgan fingerprint density at radius 3 is 2.48 bits per heavy atom. The lowest BCUT2D eigenvalue weighted by molar-refractivity contribution is 0.101. The van der Waals surface area contributed by atoms with Gasteiger partial charge in [-0.3, -0.25) is 4.79 Å². The largest absolute Gasteiger partial charge is 0.496 e. The van der Waals surface area contributed by atoms with Crippen LogP contribution in [-0.4, -0.2) is 38.2 Å². The van der Waals surface area contributed by atoms with Gasteiger partial charge in [-0.1, -0.05) is 24.3 Å². The van der Waals surface area contributed by atoms with E-state index in [1.807, 2.05) is 19.1 Å². The fourth-order valence-electron chi connectivity index (χ4n) is 3.67. The number of carbonyl (C=O) groups is 1. The Hall–Kier alpha value is -2.18. The van der Waals surface area contributed by atoms with Crippen molar-refractivity contribution >= 4 is 15.8 Å². The van der Waals surface area contributed by atoms with Gasteiger partial charge in [0, 0.05) is 18.2 Å². The van der Waals surface area contributed by atoms with Gasteiger partial charge in [0.25, 0.3) is 0 Å². The standard InChI is InChI=1S/C21H25NO4S/c1-15-13-17(6-11-21(15)26-3)14-19-5-4-12-22(19)27(24,25)20-9-7-18(8-10-20)16(2)23/h6-11,13,19H,4-5,12,14H2,1-3H3. The van der Waals surface area contributed by atoms with Crippen molar-refractivity contribution < 1.29 is 17.9 Å². The summed E-state index contributed by atoms with van der Waals surface area (Å²) in [5, 5.41) is 0. The van der Waals surface area contributed by atoms with E-state index in [4.69, 9.17) is 4.74 Å². The molecule has 6 heteroatoms. The molecule has 0 spiro atoms. The number of ether oxygens (including phenoxy) is 1. The lowest BCUT2D eigenvalue weighted by atomic mass is 10.0. The highest BCUT2D eigenvalue weighted by Crippen LogP contribution is 2.29. The number of rotatable bonds is 6. The maximum absolute atomic E-state index is 13.1. The number of ketones is 1. The van der Waals surface area contributed by atoms with Crippen molar-refractivity contribution in [2.75, 3.05) is 13.7 Å². The van der Waals surface area contributed by atoms with Crippen molar-refractivity contribution in [3.8, 4) is 5.75 Å². The molecule has 1 atom stereocenters. The van der Waals surface area contributed by atoms with Crippen LogP contribution in [0, 0.1) is 6.92 Å². The van der Waals surface area contributed by atoms with Gasteiger partial charge < -0.3 is 4.74 Å². The summed E-state index contributed by atoms with van der Waals surface area (Å²) in [5.74, 6) is 0.757. The number of nitrogens with zero attached hydrogens (tertiary/aromatic N) is 1. The zero-order chi connectivity index (χ0) is 19.6. The van der Waals surface area contributed by atoms with Crippen LogP contribution in [0.3, 0.4) is 0 Å². The molecule has 0 aromatic heterocycles. The third kappa shape index (κ3) is 4.06. The van der Waals surface area contributed by atoms with Crippen LogP contribution >= 0.6 is 0 Å². The molecule has 0 aliphatic carbocycles. The Kier molecular flexibility index (Phi) is 5.67. The van der Waals surface area contributed by atoms with Crippen LogP contribution in [0.15, 0.2) is 47.4 Å². The lowest BCUT2D eigenvalue weighted by Crippen LogP contribution is -2.36. The highest BCUT2D eigenvalue weighted by molar-refractivity contribution is 7.89. The second-order valence-corrected chi connectivity index (χ2v) is 8.89. The molecule has 1 unspecified atom stereocenters. The average molecular weight is 388 g/mol. The van der Waals surface area contributed by atoms with Gasteiger partial charge in [-0.25, -0.2) is 8.42 Å². The average Bonchev–Trinajstić information content (AvgIpc) is 3.11. The Bertz CT molecular complexity index is 935. The topological polar surface area (TPSA) is 63.7 Å². The van der Waals surface area contributed by atoms with Gasteiger partial charge in [0.15, 0.2) is 5.78 Å². The predicted octanol–water partition coefficient (Wildman–Crippen LogP) is 3.60. The van der Waals surface area contributed by atoms with Crippen LogP contribution < -0.4 is 4.74 Å². The summed E-state index contributed by atoms with van der Waals surface area (Å²) < 4.78 is 33.1. The van der Waals surface area contributed by atoms with Crippen LogP contribution in [0.1, 0.15) is 41.3 Å². The Morgan fingerprint density at radius 1 is 1.19 bits per heavy atom. The van der Waals surface area contributed by atoms with Crippen molar-refractivity contribution in [1.29, 1.82) is 0 Å². The van der Waals surface area contributed by atoms with E-state index < -0.39 is 10.0 Å². The fraction of sp³-hybridized carbons (Fsp3) is 0.381. The summed E-state index contributed by atoms with van der Waals surface area (Å²) >= 11 is 0. The first-order chi connectivity index (χ1) is 12.8. The Labute approximate surface area is 161 Å². The molecule has 1 heterocycles. The molecule has 3 rings (SSSR count). The van der Waals surface area contributed by atoms with Gasteiger partial charge >= 0.3 is 0 Å². The van der Waals surface area contributed by atoms with Crippen LogP contribution in [0.4, 0.5) is 0 Å². The summed E-state index contributed by atoms with van der Waals surface area (Å²) in [6, 6.07) is 12.1. The van der Waals surface area contributed by atoms with E-state index in [-0.39, 0.29) is 16.7 Å². The quantitative estimate of drug-likeness (QED) is 0.711. The molecule has 0 bridgehead atoms. The summed E-state index contributed by atoms with van der Waals surface area (Å²) in [4.78, 5) is 11.7. The minimum absolute atomic E-state index is 0.0599. The zero-order valence-electron chi connectivity index (χ0n) is 15.9. The molecule has 0 radical (unpaired) electrons. The molecular formula is C21H25NO4S. The normalized spacial score (nSPS) is 17.8. The second kappa shape index (κ2) is 7.82. The number of benzene rings is 2. The van der Waals surface area contributed by atoms with E-state index in [1.54, 1.807) is 23.5 Å². The summed E-state index contributed by atoms with van der Waals surface area (Å²) in [6.45, 7) is 3.98. The van der Waals surface area contributed by atoms with Crippen LogP contribution in [0.2, 0.25) is 0 Å². The number of hydrogen-bond acceptors (Lipinski definition) is 4. The lowest BCUT2D eigenvalue weighted by Gasteiger charge is -2.24. The van der Waals surface area contributed by atoms with Crippen molar-refractivity contribution in [2.45, 2.75) is 44.0 Å². The monoisotopic (exact) mass is 387 g/mol. The van der Waals surface area contributed by atoms with Crippen LogP contribution in [0.25, 0.3) is 0 Å². The minimum atomic E-state index is -3.58. The number of hydrogen-bond donors (Lipinski definition) is 0. The molecule has 0 amide bonds. The fourth-order valence-corrected chi connectivity index (χ4v) is 5.36. The molecule has 1 fully saturated rings. The van der Waals surface area contributed by atoms with Crippen LogP contribution in [0.5, 0.6) is 5.75 Å². The predicted molar refractivity (Wildman–Crippen MR) is 105 cm³/mol. The van der Waals surface area contributed by atoms with E-state index in [9.17, 15) is 13.2 Å². The third-order valence-electron chi connectivity index (χ3n) is 5.12. The van der Waals surface area contributed by atoms with Gasteiger partial charge in [-0.05, 0) is 62.4 Å². The molecule has 0 saturated carbocycles. The van der Waals surface area contributed by atoms with Gasteiger partial charge in [0.1, 0.15) is 5.75 Å². The number of aryl methyl sites for hydroxylation is 1. The highest BCUT2D eigenvalue weighted by Gasteiger charge is 2.35. The molecular weight excluding hydrogens is 362 g/mol. The summed E-state index contributed by atoms with van der Waals surface area (Å²) in [5.41, 5.74) is 2.66. The molecule has 144 valence electrons. The van der Waals surface area contributed by atoms with Gasteiger partial charge in [0.2, 0.25) is 10.0 Å². The summed E-state index contributed by atoms with van der Waals surface area (Å²) in [6.07, 6.45) is 2.37. The molecule has 0 N–H and O–H groups in total. The molecule has 2 aromatic carbocycles. The molecule has 1 aliphatic rings. The van der Waals surface area contributed by atoms with Crippen molar-refractivity contribution in [3.63, 3.8) is 0 Å². The minimum Gasteiger partial charge on any atom is -0.496 e. The first-order valence-corrected chi connectivity index (χ1v) is 10.5. The molecule has 1 saturated heterocycles. The van der Waals surface area contributed by atoms with Crippen molar-refractivity contribution in [1.82, 2.24) is 4.31 Å². The SMILES string of the molecule is COc1ccc(CC2CCCN2S(=O)(=O)c2ccc(C(C)=O)cc2)cc1C. The van der Waals surface area contributed by atoms with Gasteiger partial charge in [-0.15, -0.1) is 0 Å². The van der Waals surface area contributed by atoms with Crippen molar-refractivity contribution in [3.05, 3.63) is 59.2 Å². The Balaban J connectivity index is 1.82. The van der Waals surface area contributed by atoms with E-state index in [0.29, 0.717) is 18.5 Å². The van der Waals surface area contributed by atoms with E-state index in [1.165, 1.54) is 19.1 Å². The zero-order valence-corrected chi connectivity index (χ0v) is 16.8. The second-order valence-electron chi connectivity index (χ2n) is 7.00.